The largest absolute Gasteiger partial charge is 0.384 e. The SMILES string of the molecule is COCC1CCCN(CC(=O)c2ccc(C)cc2)C1. The molecule has 1 aliphatic heterocycles. The first-order chi connectivity index (χ1) is 9.19. The number of carbonyl (C=O) groups is 1. The van der Waals surface area contributed by atoms with Gasteiger partial charge in [0.1, 0.15) is 0 Å². The lowest BCUT2D eigenvalue weighted by Gasteiger charge is -2.31. The van der Waals surface area contributed by atoms with E-state index in [-0.39, 0.29) is 5.78 Å². The summed E-state index contributed by atoms with van der Waals surface area (Å²) in [5.41, 5.74) is 2.01. The summed E-state index contributed by atoms with van der Waals surface area (Å²) >= 11 is 0. The highest BCUT2D eigenvalue weighted by Gasteiger charge is 2.21. The topological polar surface area (TPSA) is 29.5 Å². The predicted molar refractivity (Wildman–Crippen MR) is 76.5 cm³/mol. The number of hydrogen-bond acceptors (Lipinski definition) is 3. The number of likely N-dealkylation sites (tertiary alicyclic amines) is 1. The fourth-order valence-corrected chi connectivity index (χ4v) is 2.70. The molecule has 0 radical (unpaired) electrons. The summed E-state index contributed by atoms with van der Waals surface area (Å²) in [6, 6.07) is 7.84. The van der Waals surface area contributed by atoms with Gasteiger partial charge >= 0.3 is 0 Å². The number of methoxy groups -OCH3 is 1. The lowest BCUT2D eigenvalue weighted by molar-refractivity contribution is 0.0758. The van der Waals surface area contributed by atoms with Crippen molar-refractivity contribution in [3.63, 3.8) is 0 Å². The molecule has 1 atom stereocenters. The first kappa shape index (κ1) is 14.2. The summed E-state index contributed by atoms with van der Waals surface area (Å²) in [5, 5.41) is 0. The number of piperidine rings is 1. The van der Waals surface area contributed by atoms with E-state index in [1.165, 1.54) is 12.0 Å². The van der Waals surface area contributed by atoms with E-state index in [4.69, 9.17) is 4.74 Å². The Morgan fingerprint density at radius 3 is 2.79 bits per heavy atom. The maximum absolute atomic E-state index is 12.2. The zero-order chi connectivity index (χ0) is 13.7. The van der Waals surface area contributed by atoms with Gasteiger partial charge in [-0.3, -0.25) is 9.69 Å². The fraction of sp³-hybridized carbons (Fsp3) is 0.562. The number of ketones is 1. The maximum atomic E-state index is 12.2. The molecule has 0 bridgehead atoms. The first-order valence-electron chi connectivity index (χ1n) is 7.00. The molecular formula is C16H23NO2. The molecule has 104 valence electrons. The van der Waals surface area contributed by atoms with E-state index in [9.17, 15) is 4.79 Å². The normalized spacial score (nSPS) is 20.4. The second-order valence-corrected chi connectivity index (χ2v) is 5.49. The van der Waals surface area contributed by atoms with Crippen molar-refractivity contribution in [3.8, 4) is 0 Å². The number of carbonyl (C=O) groups excluding carboxylic acids is 1. The quantitative estimate of drug-likeness (QED) is 0.763. The van der Waals surface area contributed by atoms with Crippen molar-refractivity contribution in [3.05, 3.63) is 35.4 Å². The Morgan fingerprint density at radius 2 is 2.11 bits per heavy atom. The Hall–Kier alpha value is -1.19. The molecule has 3 nitrogen and oxygen atoms in total. The molecule has 3 heteroatoms. The van der Waals surface area contributed by atoms with Crippen molar-refractivity contribution in [2.24, 2.45) is 5.92 Å². The van der Waals surface area contributed by atoms with Gasteiger partial charge in [0.15, 0.2) is 5.78 Å². The van der Waals surface area contributed by atoms with Gasteiger partial charge in [0, 0.05) is 19.2 Å². The Kier molecular flexibility index (Phi) is 5.11. The number of ether oxygens (including phenoxy) is 1. The molecule has 1 fully saturated rings. The smallest absolute Gasteiger partial charge is 0.176 e. The molecule has 1 aromatic carbocycles. The first-order valence-corrected chi connectivity index (χ1v) is 7.00. The number of nitrogens with zero attached hydrogens (tertiary/aromatic N) is 1. The molecule has 2 rings (SSSR count). The van der Waals surface area contributed by atoms with Crippen molar-refractivity contribution < 1.29 is 9.53 Å². The highest BCUT2D eigenvalue weighted by Crippen LogP contribution is 2.17. The van der Waals surface area contributed by atoms with Gasteiger partial charge in [-0.25, -0.2) is 0 Å². The number of rotatable bonds is 5. The van der Waals surface area contributed by atoms with Gasteiger partial charge in [-0.05, 0) is 32.2 Å². The number of hydrogen-bond donors (Lipinski definition) is 0. The zero-order valence-electron chi connectivity index (χ0n) is 11.9. The average Bonchev–Trinajstić information content (AvgIpc) is 2.40. The van der Waals surface area contributed by atoms with Gasteiger partial charge in [0.25, 0.3) is 0 Å². The van der Waals surface area contributed by atoms with Crippen LogP contribution in [0, 0.1) is 12.8 Å². The van der Waals surface area contributed by atoms with Crippen molar-refractivity contribution >= 4 is 5.78 Å². The van der Waals surface area contributed by atoms with Crippen LogP contribution in [0.2, 0.25) is 0 Å². The van der Waals surface area contributed by atoms with E-state index in [0.29, 0.717) is 12.5 Å². The zero-order valence-corrected chi connectivity index (χ0v) is 11.9. The molecule has 1 saturated heterocycles. The lowest BCUT2D eigenvalue weighted by atomic mass is 9.98. The highest BCUT2D eigenvalue weighted by atomic mass is 16.5. The van der Waals surface area contributed by atoms with Crippen LogP contribution in [-0.4, -0.2) is 44.0 Å². The Morgan fingerprint density at radius 1 is 1.37 bits per heavy atom. The van der Waals surface area contributed by atoms with Crippen molar-refractivity contribution in [1.29, 1.82) is 0 Å². The molecule has 1 aliphatic rings. The minimum Gasteiger partial charge on any atom is -0.384 e. The van der Waals surface area contributed by atoms with Crippen LogP contribution >= 0.6 is 0 Å². The van der Waals surface area contributed by atoms with E-state index in [1.54, 1.807) is 7.11 Å². The van der Waals surface area contributed by atoms with Crippen LogP contribution in [0.3, 0.4) is 0 Å². The molecule has 1 heterocycles. The molecule has 0 aliphatic carbocycles. The van der Waals surface area contributed by atoms with Crippen LogP contribution in [0.4, 0.5) is 0 Å². The second kappa shape index (κ2) is 6.83. The lowest BCUT2D eigenvalue weighted by Crippen LogP contribution is -2.40. The van der Waals surface area contributed by atoms with Crippen LogP contribution in [0.25, 0.3) is 0 Å². The summed E-state index contributed by atoms with van der Waals surface area (Å²) in [5.74, 6) is 0.794. The van der Waals surface area contributed by atoms with Gasteiger partial charge in [0.05, 0.1) is 13.2 Å². The van der Waals surface area contributed by atoms with Crippen LogP contribution in [0.1, 0.15) is 28.8 Å². The Bertz CT molecular complexity index is 411. The molecule has 0 spiro atoms. The third-order valence-electron chi connectivity index (χ3n) is 3.75. The van der Waals surface area contributed by atoms with Crippen molar-refractivity contribution in [2.75, 3.05) is 33.4 Å². The molecule has 0 saturated carbocycles. The minimum absolute atomic E-state index is 0.220. The van der Waals surface area contributed by atoms with Gasteiger partial charge in [-0.1, -0.05) is 29.8 Å². The van der Waals surface area contributed by atoms with Gasteiger partial charge < -0.3 is 4.74 Å². The minimum atomic E-state index is 0.220. The highest BCUT2D eigenvalue weighted by molar-refractivity contribution is 5.97. The second-order valence-electron chi connectivity index (χ2n) is 5.49. The Labute approximate surface area is 115 Å². The molecular weight excluding hydrogens is 238 g/mol. The van der Waals surface area contributed by atoms with Gasteiger partial charge in [0.2, 0.25) is 0 Å². The van der Waals surface area contributed by atoms with Crippen LogP contribution in [-0.2, 0) is 4.74 Å². The van der Waals surface area contributed by atoms with Crippen LogP contribution in [0.5, 0.6) is 0 Å². The van der Waals surface area contributed by atoms with Crippen LogP contribution in [0.15, 0.2) is 24.3 Å². The van der Waals surface area contributed by atoms with Crippen molar-refractivity contribution in [2.45, 2.75) is 19.8 Å². The fourth-order valence-electron chi connectivity index (χ4n) is 2.70. The molecule has 1 aromatic rings. The van der Waals surface area contributed by atoms with E-state index in [0.717, 1.165) is 31.7 Å². The summed E-state index contributed by atoms with van der Waals surface area (Å²) in [4.78, 5) is 14.5. The molecule has 19 heavy (non-hydrogen) atoms. The number of Topliss-reactive ketones (excluding diaryl/α,β-unsaturated/α-hetero) is 1. The average molecular weight is 261 g/mol. The third-order valence-corrected chi connectivity index (χ3v) is 3.75. The van der Waals surface area contributed by atoms with E-state index >= 15 is 0 Å². The van der Waals surface area contributed by atoms with E-state index in [1.807, 2.05) is 31.2 Å². The van der Waals surface area contributed by atoms with E-state index in [2.05, 4.69) is 4.90 Å². The van der Waals surface area contributed by atoms with Gasteiger partial charge in [-0.2, -0.15) is 0 Å². The third kappa shape index (κ3) is 4.15. The molecule has 0 amide bonds. The van der Waals surface area contributed by atoms with Crippen LogP contribution < -0.4 is 0 Å². The summed E-state index contributed by atoms with van der Waals surface area (Å²) in [6.45, 7) is 5.37. The summed E-state index contributed by atoms with van der Waals surface area (Å²) < 4.78 is 5.22. The van der Waals surface area contributed by atoms with E-state index < -0.39 is 0 Å². The standard InChI is InChI=1S/C16H23NO2/c1-13-5-7-15(8-6-13)16(18)11-17-9-3-4-14(10-17)12-19-2/h5-8,14H,3-4,9-12H2,1-2H3. The maximum Gasteiger partial charge on any atom is 0.176 e. The van der Waals surface area contributed by atoms with Gasteiger partial charge in [-0.15, -0.1) is 0 Å². The summed E-state index contributed by atoms with van der Waals surface area (Å²) in [7, 11) is 1.75. The monoisotopic (exact) mass is 261 g/mol. The predicted octanol–water partition coefficient (Wildman–Crippen LogP) is 2.54. The Balaban J connectivity index is 1.89. The summed E-state index contributed by atoms with van der Waals surface area (Å²) in [6.07, 6.45) is 2.37. The van der Waals surface area contributed by atoms with Crippen molar-refractivity contribution in [1.82, 2.24) is 4.90 Å². The molecule has 1 unspecified atom stereocenters. The number of benzene rings is 1. The number of aryl methyl sites for hydroxylation is 1. The molecule has 0 N–H and O–H groups in total. The molecule has 0 aromatic heterocycles.